The fraction of sp³-hybridized carbons (Fsp3) is 0.612. The van der Waals surface area contributed by atoms with Crippen molar-refractivity contribution >= 4 is 11.9 Å². The molecule has 0 amide bonds. The maximum absolute atomic E-state index is 12.3. The second-order valence-electron chi connectivity index (χ2n) is 19.0. The monoisotopic (exact) mass is 993 g/mol. The quantitative estimate of drug-likeness (QED) is 0.0373. The Balaban J connectivity index is 3.66. The minimum Gasteiger partial charge on any atom is -0.462 e. The highest BCUT2D eigenvalue weighted by Crippen LogP contribution is 2.14. The van der Waals surface area contributed by atoms with Crippen LogP contribution in [0.2, 0.25) is 0 Å². The van der Waals surface area contributed by atoms with Gasteiger partial charge in [-0.1, -0.05) is 256 Å². The van der Waals surface area contributed by atoms with Crippen molar-refractivity contribution in [2.45, 2.75) is 251 Å². The van der Waals surface area contributed by atoms with Crippen molar-refractivity contribution in [3.8, 4) is 0 Å². The summed E-state index contributed by atoms with van der Waals surface area (Å²) in [5.41, 5.74) is 0. The van der Waals surface area contributed by atoms with Gasteiger partial charge < -0.3 is 14.6 Å². The van der Waals surface area contributed by atoms with E-state index in [-0.39, 0.29) is 25.2 Å². The van der Waals surface area contributed by atoms with Gasteiger partial charge in [-0.3, -0.25) is 9.59 Å². The lowest BCUT2D eigenvalue weighted by Crippen LogP contribution is -2.28. The van der Waals surface area contributed by atoms with Gasteiger partial charge in [0.2, 0.25) is 0 Å². The van der Waals surface area contributed by atoms with Crippen LogP contribution < -0.4 is 0 Å². The van der Waals surface area contributed by atoms with Gasteiger partial charge in [-0.2, -0.15) is 0 Å². The van der Waals surface area contributed by atoms with Crippen LogP contribution in [0, 0.1) is 0 Å². The summed E-state index contributed by atoms with van der Waals surface area (Å²) in [5.74, 6) is -0.638. The Labute approximate surface area is 444 Å². The van der Waals surface area contributed by atoms with E-state index in [0.29, 0.717) is 12.8 Å². The summed E-state index contributed by atoms with van der Waals surface area (Å²) in [4.78, 5) is 24.5. The molecule has 0 saturated heterocycles. The van der Waals surface area contributed by atoms with E-state index in [9.17, 15) is 14.7 Å². The first-order valence-electron chi connectivity index (χ1n) is 29.4. The van der Waals surface area contributed by atoms with Gasteiger partial charge in [0.15, 0.2) is 6.10 Å². The van der Waals surface area contributed by atoms with Crippen molar-refractivity contribution in [2.75, 3.05) is 13.2 Å². The largest absolute Gasteiger partial charge is 0.462 e. The van der Waals surface area contributed by atoms with Crippen LogP contribution in [0.25, 0.3) is 0 Å². The maximum atomic E-state index is 12.3. The van der Waals surface area contributed by atoms with Crippen molar-refractivity contribution in [3.63, 3.8) is 0 Å². The van der Waals surface area contributed by atoms with Crippen molar-refractivity contribution in [1.82, 2.24) is 0 Å². The van der Waals surface area contributed by atoms with E-state index in [2.05, 4.69) is 160 Å². The summed E-state index contributed by atoms with van der Waals surface area (Å²) in [6.07, 6.45) is 92.5. The molecule has 72 heavy (non-hydrogen) atoms. The number of rotatable bonds is 52. The Bertz CT molecular complexity index is 1540. The highest BCUT2D eigenvalue weighted by Gasteiger charge is 2.16. The maximum Gasteiger partial charge on any atom is 0.306 e. The van der Waals surface area contributed by atoms with Gasteiger partial charge in [0, 0.05) is 12.8 Å². The summed E-state index contributed by atoms with van der Waals surface area (Å²) in [6.45, 7) is 4.00. The second kappa shape index (κ2) is 61.1. The molecule has 0 rings (SSSR count). The minimum absolute atomic E-state index is 0.0886. The first-order chi connectivity index (χ1) is 35.6. The van der Waals surface area contributed by atoms with Crippen molar-refractivity contribution < 1.29 is 24.2 Å². The molecule has 0 fully saturated rings. The summed E-state index contributed by atoms with van der Waals surface area (Å²) in [5, 5.41) is 9.65. The van der Waals surface area contributed by atoms with Gasteiger partial charge in [0.1, 0.15) is 6.61 Å². The molecule has 0 aliphatic carbocycles. The molecule has 0 aromatic carbocycles. The fourth-order valence-electron chi connectivity index (χ4n) is 7.73. The van der Waals surface area contributed by atoms with Gasteiger partial charge in [0.25, 0.3) is 0 Å². The van der Waals surface area contributed by atoms with Crippen LogP contribution in [-0.4, -0.2) is 36.4 Å². The third-order valence-electron chi connectivity index (χ3n) is 12.1. The van der Waals surface area contributed by atoms with E-state index in [1.165, 1.54) is 103 Å². The van der Waals surface area contributed by atoms with E-state index in [0.717, 1.165) is 116 Å². The van der Waals surface area contributed by atoms with Crippen molar-refractivity contribution in [2.24, 2.45) is 0 Å². The third kappa shape index (κ3) is 58.4. The molecule has 1 N–H and O–H groups in total. The van der Waals surface area contributed by atoms with E-state index < -0.39 is 6.10 Å². The normalized spacial score (nSPS) is 13.3. The average molecular weight is 994 g/mol. The predicted octanol–water partition coefficient (Wildman–Crippen LogP) is 20.2. The molecule has 0 aromatic heterocycles. The van der Waals surface area contributed by atoms with Crippen LogP contribution >= 0.6 is 0 Å². The van der Waals surface area contributed by atoms with E-state index >= 15 is 0 Å². The van der Waals surface area contributed by atoms with E-state index in [1.807, 2.05) is 0 Å². The zero-order valence-electron chi connectivity index (χ0n) is 46.4. The molecule has 0 saturated carbocycles. The lowest BCUT2D eigenvalue weighted by atomic mass is 10.1. The number of ether oxygens (including phenoxy) is 2. The number of esters is 2. The minimum atomic E-state index is -0.802. The van der Waals surface area contributed by atoms with E-state index in [4.69, 9.17) is 9.47 Å². The summed E-state index contributed by atoms with van der Waals surface area (Å²) in [6, 6.07) is 0. The van der Waals surface area contributed by atoms with Gasteiger partial charge in [-0.25, -0.2) is 0 Å². The molecule has 0 bridgehead atoms. The number of carbonyl (C=O) groups is 2. The number of aliphatic hydroxyl groups is 1. The topological polar surface area (TPSA) is 72.8 Å². The molecular weight excluding hydrogens is 885 g/mol. The summed E-state index contributed by atoms with van der Waals surface area (Å²) in [7, 11) is 0. The third-order valence-corrected chi connectivity index (χ3v) is 12.1. The number of hydrogen-bond donors (Lipinski definition) is 1. The number of unbranched alkanes of at least 4 members (excludes halogenated alkanes) is 20. The summed E-state index contributed by atoms with van der Waals surface area (Å²) < 4.78 is 10.7. The summed E-state index contributed by atoms with van der Waals surface area (Å²) >= 11 is 0. The molecule has 1 atom stereocenters. The standard InChI is InChI=1S/C67H108O5/c1-3-5-7-9-11-13-15-17-19-21-23-25-26-27-28-29-30-31-32-33-34-35-36-37-38-39-40-42-44-46-48-50-52-54-56-58-60-62-67(70)72-65(63-68)64-71-66(69)61-59-57-55-53-51-49-47-45-43-41-24-22-20-18-16-14-12-10-8-6-4-2/h5,7,11,13,17,19,22-25,27-28,30-31,33-34,36-37,39-40,44,46,50,52,65,68H,3-4,6,8-10,12,14-16,18,20-21,26,29,32,35,38,41-43,45,47-49,51,53-64H2,1-2H3/b7-5-,13-11-,19-17-,24-22-,25-23-,28-27-,31-30-,34-33-,37-36-,40-39-,46-44-,52-50-. The van der Waals surface area contributed by atoms with Gasteiger partial charge >= 0.3 is 11.9 Å². The van der Waals surface area contributed by atoms with Crippen LogP contribution in [0.15, 0.2) is 146 Å². The van der Waals surface area contributed by atoms with Crippen LogP contribution in [0.4, 0.5) is 0 Å². The van der Waals surface area contributed by atoms with Crippen LogP contribution in [-0.2, 0) is 19.1 Å². The molecule has 0 aromatic rings. The van der Waals surface area contributed by atoms with Crippen LogP contribution in [0.1, 0.15) is 245 Å². The zero-order valence-corrected chi connectivity index (χ0v) is 46.4. The Kier molecular flexibility index (Phi) is 57.5. The van der Waals surface area contributed by atoms with E-state index in [1.54, 1.807) is 0 Å². The molecule has 0 radical (unpaired) electrons. The molecule has 5 nitrogen and oxygen atoms in total. The smallest absolute Gasteiger partial charge is 0.306 e. The SMILES string of the molecule is CC/C=C\C/C=C\C/C=C\C/C=C\C/C=C\C/C=C\C/C=C\C/C=C\C/C=C\C/C=C\C/C=C\CCCCCC(=O)OC(CO)COC(=O)CCCCCCCCCCC/C=C\CCCCCCCCCC. The average Bonchev–Trinajstić information content (AvgIpc) is 3.38. The lowest BCUT2D eigenvalue weighted by molar-refractivity contribution is -0.161. The fourth-order valence-corrected chi connectivity index (χ4v) is 7.73. The molecule has 0 aliphatic heterocycles. The number of aliphatic hydroxyl groups excluding tert-OH is 1. The highest BCUT2D eigenvalue weighted by atomic mass is 16.6. The Morgan fingerprint density at radius 1 is 0.333 bits per heavy atom. The molecule has 1 unspecified atom stereocenters. The van der Waals surface area contributed by atoms with Gasteiger partial charge in [0.05, 0.1) is 6.61 Å². The molecule has 0 heterocycles. The van der Waals surface area contributed by atoms with Crippen molar-refractivity contribution in [1.29, 1.82) is 0 Å². The molecular formula is C67H108O5. The lowest BCUT2D eigenvalue weighted by Gasteiger charge is -2.15. The van der Waals surface area contributed by atoms with Gasteiger partial charge in [-0.05, 0) is 122 Å². The molecule has 406 valence electrons. The second-order valence-corrected chi connectivity index (χ2v) is 19.0. The van der Waals surface area contributed by atoms with Gasteiger partial charge in [-0.15, -0.1) is 0 Å². The molecule has 5 heteroatoms. The Morgan fingerprint density at radius 2 is 0.597 bits per heavy atom. The predicted molar refractivity (Wildman–Crippen MR) is 315 cm³/mol. The number of carbonyl (C=O) groups excluding carboxylic acids is 2. The number of hydrogen-bond acceptors (Lipinski definition) is 5. The molecule has 0 spiro atoms. The number of allylic oxidation sites excluding steroid dienone is 24. The zero-order chi connectivity index (χ0) is 52.0. The van der Waals surface area contributed by atoms with Crippen LogP contribution in [0.5, 0.6) is 0 Å². The Hall–Kier alpha value is -4.22. The molecule has 0 aliphatic rings. The first-order valence-corrected chi connectivity index (χ1v) is 29.4. The first kappa shape index (κ1) is 67.8. The van der Waals surface area contributed by atoms with Crippen molar-refractivity contribution in [3.05, 3.63) is 146 Å². The Morgan fingerprint density at radius 3 is 0.931 bits per heavy atom. The van der Waals surface area contributed by atoms with Crippen LogP contribution in [0.3, 0.4) is 0 Å². The highest BCUT2D eigenvalue weighted by molar-refractivity contribution is 5.70.